The minimum absolute atomic E-state index is 0.0352. The number of benzene rings is 4. The highest BCUT2D eigenvalue weighted by molar-refractivity contribution is 6.04. The number of fused-ring (bicyclic) bond motifs is 3. The number of aliphatic hydroxyl groups is 2. The molecule has 2 heterocycles. The summed E-state index contributed by atoms with van der Waals surface area (Å²) >= 11 is 0. The number of cyclic esters (lactones) is 1. The van der Waals surface area contributed by atoms with Crippen molar-refractivity contribution in [1.82, 2.24) is 4.90 Å². The highest BCUT2D eigenvalue weighted by Gasteiger charge is 2.74. The molecule has 4 aromatic carbocycles. The number of carboxylic acids is 1. The molecular weight excluding hydrogens is 682 g/mol. The van der Waals surface area contributed by atoms with Gasteiger partial charge < -0.3 is 24.8 Å². The van der Waals surface area contributed by atoms with E-state index in [4.69, 9.17) is 9.47 Å². The molecule has 9 heteroatoms. The molecule has 1 saturated carbocycles. The number of hydrogen-bond acceptors (Lipinski definition) is 8. The molecule has 3 fully saturated rings. The van der Waals surface area contributed by atoms with Crippen molar-refractivity contribution in [1.29, 1.82) is 0 Å². The summed E-state index contributed by atoms with van der Waals surface area (Å²) in [5.74, 6) is 2.79. The Balaban J connectivity index is 1.40. The van der Waals surface area contributed by atoms with Gasteiger partial charge in [-0.15, -0.1) is 0 Å². The van der Waals surface area contributed by atoms with Gasteiger partial charge in [0.15, 0.2) is 5.78 Å². The molecule has 2 aliphatic carbocycles. The third-order valence-electron chi connectivity index (χ3n) is 11.8. The molecular formula is C45H43NO8. The van der Waals surface area contributed by atoms with Gasteiger partial charge in [0.05, 0.1) is 24.1 Å². The molecule has 0 aromatic heterocycles. The molecule has 8 rings (SSSR count). The number of carbonyl (C=O) groups excluding carboxylic acids is 2. The molecule has 2 aliphatic heterocycles. The summed E-state index contributed by atoms with van der Waals surface area (Å²) < 4.78 is 12.4. The van der Waals surface area contributed by atoms with E-state index in [1.54, 1.807) is 18.2 Å². The predicted molar refractivity (Wildman–Crippen MR) is 199 cm³/mol. The quantitative estimate of drug-likeness (QED) is 0.119. The van der Waals surface area contributed by atoms with Crippen LogP contribution in [0.15, 0.2) is 103 Å². The van der Waals surface area contributed by atoms with Gasteiger partial charge in [-0.25, -0.2) is 0 Å². The van der Waals surface area contributed by atoms with Crippen molar-refractivity contribution in [3.63, 3.8) is 0 Å². The van der Waals surface area contributed by atoms with E-state index in [9.17, 15) is 24.9 Å². The molecule has 54 heavy (non-hydrogen) atoms. The Morgan fingerprint density at radius 3 is 2.20 bits per heavy atom. The van der Waals surface area contributed by atoms with Crippen LogP contribution in [-0.4, -0.2) is 62.8 Å². The maximum Gasteiger partial charge on any atom is 0.325 e. The summed E-state index contributed by atoms with van der Waals surface area (Å²) in [6.07, 6.45) is 4.12. The molecule has 1 spiro atoms. The van der Waals surface area contributed by atoms with Crippen LogP contribution in [0, 0.1) is 17.8 Å². The summed E-state index contributed by atoms with van der Waals surface area (Å²) in [6, 6.07) is 28.4. The van der Waals surface area contributed by atoms with Crippen LogP contribution in [0.4, 0.5) is 0 Å². The highest BCUT2D eigenvalue weighted by atomic mass is 16.6. The number of ether oxygens (including phenoxy) is 2. The molecule has 6 atom stereocenters. The molecule has 9 nitrogen and oxygen atoms in total. The Morgan fingerprint density at radius 1 is 0.852 bits per heavy atom. The second-order valence-corrected chi connectivity index (χ2v) is 14.9. The van der Waals surface area contributed by atoms with Crippen LogP contribution in [0.2, 0.25) is 0 Å². The van der Waals surface area contributed by atoms with E-state index >= 15 is 4.79 Å². The van der Waals surface area contributed by atoms with Gasteiger partial charge in [0, 0.05) is 17.5 Å². The minimum atomic E-state index is -1.78. The lowest BCUT2D eigenvalue weighted by Gasteiger charge is -2.46. The number of morpholine rings is 1. The zero-order valence-electron chi connectivity index (χ0n) is 29.9. The number of aliphatic hydroxyl groups excluding tert-OH is 1. The fourth-order valence-corrected chi connectivity index (χ4v) is 9.54. The van der Waals surface area contributed by atoms with Crippen LogP contribution in [-0.2, 0) is 31.0 Å². The standard InChI is InChI=1S/C45H43NO8/c47-25-26-53-35-18-10-9-17-33(35)41-45(34-27-29(19-20-32(34)28-36(45)48)21-24-44(52)22-11-1-2-12-23-44)37(42(49)50)39-43(51)54-40(31-15-7-4-8-16-31)38(46(39)41)30-13-5-3-6-14-30/h3-10,13-20,27,37-41,47,52H,1-2,11-12,22-23,25-26,28H2,(H,49,50)/t37-,38-,39-,40+,41+,45-/m0/s1. The zero-order valence-corrected chi connectivity index (χ0v) is 29.9. The van der Waals surface area contributed by atoms with E-state index in [1.165, 1.54) is 0 Å². The van der Waals surface area contributed by atoms with Gasteiger partial charge in [-0.2, -0.15) is 0 Å². The number of ketones is 1. The maximum absolute atomic E-state index is 15.1. The first kappa shape index (κ1) is 35.7. The first-order valence-electron chi connectivity index (χ1n) is 18.8. The van der Waals surface area contributed by atoms with Crippen LogP contribution >= 0.6 is 0 Å². The van der Waals surface area contributed by atoms with Gasteiger partial charge >= 0.3 is 11.9 Å². The number of hydrogen-bond donors (Lipinski definition) is 3. The van der Waals surface area contributed by atoms with Gasteiger partial charge in [-0.3, -0.25) is 19.3 Å². The Labute approximate surface area is 314 Å². The fourth-order valence-electron chi connectivity index (χ4n) is 9.54. The molecule has 0 radical (unpaired) electrons. The SMILES string of the molecule is O=C1O[C@H](c2ccccc2)[C@H](c2ccccc2)N2[C@H]1[C@@H](C(=O)O)[C@]1(C(=O)Cc3ccc(C#CC4(O)CCCCCC4)cc31)[C@H]2c1ccccc1OCCO. The van der Waals surface area contributed by atoms with Gasteiger partial charge in [0.2, 0.25) is 0 Å². The number of aliphatic carboxylic acids is 1. The van der Waals surface area contributed by atoms with E-state index in [2.05, 4.69) is 11.8 Å². The lowest BCUT2D eigenvalue weighted by molar-refractivity contribution is -0.179. The molecule has 2 saturated heterocycles. The van der Waals surface area contributed by atoms with E-state index in [0.717, 1.165) is 36.8 Å². The van der Waals surface area contributed by atoms with Crippen molar-refractivity contribution < 1.29 is 39.2 Å². The van der Waals surface area contributed by atoms with Crippen molar-refractivity contribution in [3.05, 3.63) is 137 Å². The van der Waals surface area contributed by atoms with Gasteiger partial charge in [0.1, 0.15) is 36.0 Å². The van der Waals surface area contributed by atoms with E-state index < -0.39 is 53.1 Å². The van der Waals surface area contributed by atoms with E-state index in [-0.39, 0.29) is 25.4 Å². The Bertz CT molecular complexity index is 2120. The van der Waals surface area contributed by atoms with Crippen molar-refractivity contribution in [2.24, 2.45) is 5.92 Å². The van der Waals surface area contributed by atoms with Crippen LogP contribution in [0.1, 0.15) is 90.1 Å². The van der Waals surface area contributed by atoms with Crippen molar-refractivity contribution in [2.75, 3.05) is 13.2 Å². The second-order valence-electron chi connectivity index (χ2n) is 14.9. The third kappa shape index (κ3) is 5.99. The van der Waals surface area contributed by atoms with Gasteiger partial charge in [-0.1, -0.05) is 110 Å². The molecule has 0 unspecified atom stereocenters. The topological polar surface area (TPSA) is 134 Å². The zero-order chi connectivity index (χ0) is 37.5. The first-order chi connectivity index (χ1) is 26.3. The largest absolute Gasteiger partial charge is 0.491 e. The van der Waals surface area contributed by atoms with Crippen molar-refractivity contribution in [2.45, 2.75) is 80.2 Å². The number of rotatable bonds is 7. The molecule has 0 amide bonds. The normalized spacial score (nSPS) is 27.3. The predicted octanol–water partition coefficient (Wildman–Crippen LogP) is 6.02. The average Bonchev–Trinajstić information content (AvgIpc) is 3.55. The lowest BCUT2D eigenvalue weighted by atomic mass is 9.64. The Kier molecular flexibility index (Phi) is 9.61. The van der Waals surface area contributed by atoms with Crippen LogP contribution < -0.4 is 4.74 Å². The number of carboxylic acid groups (broad SMARTS) is 1. The first-order valence-corrected chi connectivity index (χ1v) is 18.8. The number of Topliss-reactive ketones (excluding diaryl/α,β-unsaturated/α-hetero) is 1. The fraction of sp³-hybridized carbons (Fsp3) is 0.356. The number of esters is 1. The van der Waals surface area contributed by atoms with Crippen LogP contribution in [0.5, 0.6) is 5.75 Å². The second kappa shape index (κ2) is 14.5. The summed E-state index contributed by atoms with van der Waals surface area (Å²) in [7, 11) is 0. The monoisotopic (exact) mass is 725 g/mol. The minimum Gasteiger partial charge on any atom is -0.491 e. The number of nitrogens with zero attached hydrogens (tertiary/aromatic N) is 1. The number of para-hydroxylation sites is 1. The van der Waals surface area contributed by atoms with E-state index in [1.807, 2.05) is 89.8 Å². The molecule has 0 bridgehead atoms. The third-order valence-corrected chi connectivity index (χ3v) is 11.8. The van der Waals surface area contributed by atoms with Gasteiger partial charge in [0.25, 0.3) is 0 Å². The summed E-state index contributed by atoms with van der Waals surface area (Å²) in [6.45, 7) is -0.300. The van der Waals surface area contributed by atoms with Gasteiger partial charge in [-0.05, 0) is 66.1 Å². The summed E-state index contributed by atoms with van der Waals surface area (Å²) in [5, 5.41) is 32.5. The van der Waals surface area contributed by atoms with Crippen LogP contribution in [0.3, 0.4) is 0 Å². The Hall–Kier alpha value is -5.27. The van der Waals surface area contributed by atoms with Crippen molar-refractivity contribution in [3.8, 4) is 17.6 Å². The smallest absolute Gasteiger partial charge is 0.325 e. The molecule has 4 aromatic rings. The highest BCUT2D eigenvalue weighted by Crippen LogP contribution is 2.65. The molecule has 4 aliphatic rings. The summed E-state index contributed by atoms with van der Waals surface area (Å²) in [5.41, 5.74) is 0.812. The molecule has 3 N–H and O–H groups in total. The van der Waals surface area contributed by atoms with E-state index in [0.29, 0.717) is 40.8 Å². The van der Waals surface area contributed by atoms with Crippen LogP contribution in [0.25, 0.3) is 0 Å². The average molecular weight is 726 g/mol. The summed E-state index contributed by atoms with van der Waals surface area (Å²) in [4.78, 5) is 45.6. The lowest BCUT2D eigenvalue weighted by Crippen LogP contribution is -2.52. The Morgan fingerprint density at radius 2 is 1.52 bits per heavy atom. The maximum atomic E-state index is 15.1. The number of carbonyl (C=O) groups is 3. The molecule has 276 valence electrons. The van der Waals surface area contributed by atoms with Crippen molar-refractivity contribution >= 4 is 17.7 Å².